The number of hydrogen-bond donors (Lipinski definition) is 0. The number of hydrogen-bond acceptors (Lipinski definition) is 5. The van der Waals surface area contributed by atoms with Crippen LogP contribution in [0.1, 0.15) is 12.8 Å². The Kier molecular flexibility index (Phi) is 12.9. The summed E-state index contributed by atoms with van der Waals surface area (Å²) in [6.07, 6.45) is 17.8. The predicted octanol–water partition coefficient (Wildman–Crippen LogP) is 19.6. The third kappa shape index (κ3) is 9.63. The SMILES string of the molecule is C1=CCC(N(C2=CCC(N(c3ccccc3)c3cccc(-c4ccccc4)c3)C=C2)c2ccc3oc4ccc(N(c5ccccc5)c5ccc(N(c6ccccc6)c6cccc(-c7ccccc7)c6)cc5)cc4c3c2)C=C1. The molecule has 0 fully saturated rings. The van der Waals surface area contributed by atoms with Crippen molar-refractivity contribution in [3.63, 3.8) is 0 Å². The van der Waals surface area contributed by atoms with Gasteiger partial charge in [0.1, 0.15) is 11.2 Å². The van der Waals surface area contributed by atoms with Gasteiger partial charge >= 0.3 is 0 Å². The van der Waals surface area contributed by atoms with Crippen molar-refractivity contribution in [3.05, 3.63) is 309 Å². The molecule has 0 amide bonds. The van der Waals surface area contributed by atoms with Crippen LogP contribution >= 0.6 is 0 Å². The van der Waals surface area contributed by atoms with Crippen LogP contribution in [-0.4, -0.2) is 12.1 Å². The van der Waals surface area contributed by atoms with Gasteiger partial charge in [-0.15, -0.1) is 0 Å². The molecule has 5 nitrogen and oxygen atoms in total. The molecular weight excluding hydrogens is 937 g/mol. The summed E-state index contributed by atoms with van der Waals surface area (Å²) in [5.41, 5.74) is 17.5. The fourth-order valence-electron chi connectivity index (χ4n) is 11.1. The van der Waals surface area contributed by atoms with E-state index in [0.29, 0.717) is 0 Å². The second kappa shape index (κ2) is 21.2. The molecule has 11 aromatic rings. The van der Waals surface area contributed by atoms with Crippen molar-refractivity contribution in [1.29, 1.82) is 0 Å². The second-order valence-corrected chi connectivity index (χ2v) is 19.6. The normalized spacial score (nSPS) is 14.8. The molecule has 2 aliphatic carbocycles. The van der Waals surface area contributed by atoms with Gasteiger partial charge in [0.2, 0.25) is 0 Å². The zero-order valence-electron chi connectivity index (χ0n) is 42.6. The largest absolute Gasteiger partial charge is 0.456 e. The van der Waals surface area contributed by atoms with E-state index in [1.54, 1.807) is 0 Å². The van der Waals surface area contributed by atoms with Gasteiger partial charge in [0.15, 0.2) is 0 Å². The molecule has 0 aliphatic heterocycles. The van der Waals surface area contributed by atoms with Crippen molar-refractivity contribution in [2.24, 2.45) is 0 Å². The maximum Gasteiger partial charge on any atom is 0.135 e. The van der Waals surface area contributed by atoms with Gasteiger partial charge in [0, 0.05) is 67.7 Å². The van der Waals surface area contributed by atoms with E-state index < -0.39 is 0 Å². The second-order valence-electron chi connectivity index (χ2n) is 19.6. The van der Waals surface area contributed by atoms with Gasteiger partial charge in [0.25, 0.3) is 0 Å². The number of fused-ring (bicyclic) bond motifs is 3. The van der Waals surface area contributed by atoms with Gasteiger partial charge < -0.3 is 24.0 Å². The number of allylic oxidation sites excluding steroid dienone is 3. The Morgan fingerprint density at radius 2 is 0.727 bits per heavy atom. The van der Waals surface area contributed by atoms with E-state index in [1.807, 2.05) is 0 Å². The van der Waals surface area contributed by atoms with Crippen LogP contribution in [0.4, 0.5) is 51.2 Å². The molecule has 0 spiro atoms. The number of furan rings is 1. The average molecular weight is 993 g/mol. The molecule has 10 aromatic carbocycles. The molecule has 5 heteroatoms. The van der Waals surface area contributed by atoms with Crippen molar-refractivity contribution in [2.75, 3.05) is 19.6 Å². The summed E-state index contributed by atoms with van der Waals surface area (Å²) in [6.45, 7) is 0. The molecule has 13 rings (SSSR count). The molecule has 2 atom stereocenters. The summed E-state index contributed by atoms with van der Waals surface area (Å²) < 4.78 is 6.65. The van der Waals surface area contributed by atoms with E-state index in [9.17, 15) is 0 Å². The number of anilines is 9. The molecule has 0 N–H and O–H groups in total. The van der Waals surface area contributed by atoms with Gasteiger partial charge in [-0.25, -0.2) is 0 Å². The van der Waals surface area contributed by atoms with Crippen LogP contribution in [0, 0.1) is 0 Å². The van der Waals surface area contributed by atoms with Crippen LogP contribution in [0.15, 0.2) is 314 Å². The van der Waals surface area contributed by atoms with Crippen LogP contribution in [0.5, 0.6) is 0 Å². The van der Waals surface area contributed by atoms with Gasteiger partial charge in [-0.1, -0.05) is 176 Å². The highest BCUT2D eigenvalue weighted by Gasteiger charge is 2.27. The molecule has 1 heterocycles. The monoisotopic (exact) mass is 992 g/mol. The minimum Gasteiger partial charge on any atom is -0.456 e. The van der Waals surface area contributed by atoms with Gasteiger partial charge in [-0.3, -0.25) is 0 Å². The summed E-state index contributed by atoms with van der Waals surface area (Å²) in [7, 11) is 0. The number of benzene rings is 10. The van der Waals surface area contributed by atoms with Gasteiger partial charge in [-0.05, 0) is 162 Å². The molecule has 1 aromatic heterocycles. The molecule has 0 saturated heterocycles. The number of para-hydroxylation sites is 3. The van der Waals surface area contributed by atoms with Crippen molar-refractivity contribution < 1.29 is 4.42 Å². The number of nitrogens with zero attached hydrogens (tertiary/aromatic N) is 4. The van der Waals surface area contributed by atoms with Crippen LogP contribution in [0.25, 0.3) is 44.2 Å². The van der Waals surface area contributed by atoms with E-state index in [-0.39, 0.29) is 12.1 Å². The maximum absolute atomic E-state index is 6.65. The first kappa shape index (κ1) is 46.9. The van der Waals surface area contributed by atoms with Gasteiger partial charge in [0.05, 0.1) is 12.1 Å². The summed E-state index contributed by atoms with van der Waals surface area (Å²) >= 11 is 0. The predicted molar refractivity (Wildman–Crippen MR) is 324 cm³/mol. The summed E-state index contributed by atoms with van der Waals surface area (Å²) in [4.78, 5) is 9.65. The molecule has 0 radical (unpaired) electrons. The first-order valence-electron chi connectivity index (χ1n) is 26.6. The third-order valence-electron chi connectivity index (χ3n) is 14.8. The Hall–Kier alpha value is -9.84. The van der Waals surface area contributed by atoms with E-state index >= 15 is 0 Å². The topological polar surface area (TPSA) is 26.1 Å². The number of rotatable bonds is 14. The molecule has 370 valence electrons. The van der Waals surface area contributed by atoms with Crippen LogP contribution in [-0.2, 0) is 0 Å². The van der Waals surface area contributed by atoms with Crippen molar-refractivity contribution >= 4 is 73.1 Å². The van der Waals surface area contributed by atoms with Crippen LogP contribution in [0.3, 0.4) is 0 Å². The maximum atomic E-state index is 6.65. The smallest absolute Gasteiger partial charge is 0.135 e. The standard InChI is InChI=1S/C72H56N4O/c1-7-21-53(22-8-1)55-25-19-35-65(49-55)73(57-27-11-3-12-28-57)61-37-41-63(42-38-61)75(59-31-15-5-16-32-59)67-45-47-71-69(51-67)70-52-68(46-48-72(70)77-71)76(60-33-17-6-18-34-60)64-43-39-62(40-44-64)74(58-29-13-4-14-30-58)66-36-20-26-56(50-66)54-23-9-2-10-24-54/h1-33,35-39,41-52,60,62H,34,40H2. The molecule has 77 heavy (non-hydrogen) atoms. The van der Waals surface area contributed by atoms with E-state index in [4.69, 9.17) is 4.42 Å². The van der Waals surface area contributed by atoms with Crippen LogP contribution < -0.4 is 19.6 Å². The first-order valence-corrected chi connectivity index (χ1v) is 26.6. The zero-order valence-corrected chi connectivity index (χ0v) is 42.6. The van der Waals surface area contributed by atoms with Gasteiger partial charge in [-0.2, -0.15) is 0 Å². The van der Waals surface area contributed by atoms with E-state index in [1.165, 1.54) is 28.0 Å². The molecule has 0 saturated carbocycles. The highest BCUT2D eigenvalue weighted by molar-refractivity contribution is 6.08. The summed E-state index contributed by atoms with van der Waals surface area (Å²) in [5.74, 6) is 0. The van der Waals surface area contributed by atoms with E-state index in [0.717, 1.165) is 86.0 Å². The highest BCUT2D eigenvalue weighted by atomic mass is 16.3. The van der Waals surface area contributed by atoms with Crippen molar-refractivity contribution in [2.45, 2.75) is 24.9 Å². The minimum atomic E-state index is 0.109. The minimum absolute atomic E-state index is 0.109. The third-order valence-corrected chi connectivity index (χ3v) is 14.8. The molecule has 2 aliphatic rings. The Balaban J connectivity index is 0.844. The molecule has 2 unspecified atom stereocenters. The summed E-state index contributed by atoms with van der Waals surface area (Å²) in [5, 5.41) is 2.14. The summed E-state index contributed by atoms with van der Waals surface area (Å²) in [6, 6.07) is 93.4. The van der Waals surface area contributed by atoms with Crippen molar-refractivity contribution in [1.82, 2.24) is 0 Å². The fourth-order valence-corrected chi connectivity index (χ4v) is 11.1. The molecular formula is C72H56N4O. The zero-order chi connectivity index (χ0) is 51.3. The quantitative estimate of drug-likeness (QED) is 0.108. The first-order chi connectivity index (χ1) is 38.2. The highest BCUT2D eigenvalue weighted by Crippen LogP contribution is 2.43. The lowest BCUT2D eigenvalue weighted by Crippen LogP contribution is -2.36. The Morgan fingerprint density at radius 1 is 0.312 bits per heavy atom. The Labute approximate surface area is 451 Å². The molecule has 0 bridgehead atoms. The Bertz CT molecular complexity index is 3940. The van der Waals surface area contributed by atoms with Crippen LogP contribution in [0.2, 0.25) is 0 Å². The Morgan fingerprint density at radius 3 is 1.26 bits per heavy atom. The van der Waals surface area contributed by atoms with Crippen molar-refractivity contribution in [3.8, 4) is 22.3 Å². The average Bonchev–Trinajstić information content (AvgIpc) is 3.92. The lowest BCUT2D eigenvalue weighted by atomic mass is 9.98. The fraction of sp³-hybridized carbons (Fsp3) is 0.0556. The lowest BCUT2D eigenvalue weighted by molar-refractivity contribution is 0.668. The van der Waals surface area contributed by atoms with E-state index in [2.05, 4.69) is 323 Å². The lowest BCUT2D eigenvalue weighted by Gasteiger charge is -2.37.